The lowest BCUT2D eigenvalue weighted by molar-refractivity contribution is 0.196. The number of aromatic nitrogens is 2. The number of nitrogens with one attached hydrogen (secondary N) is 1. The van der Waals surface area contributed by atoms with Gasteiger partial charge in [-0.05, 0) is 6.92 Å². The van der Waals surface area contributed by atoms with Crippen molar-refractivity contribution in [1.82, 2.24) is 9.97 Å². The summed E-state index contributed by atoms with van der Waals surface area (Å²) in [4.78, 5) is 7.45. The molecule has 0 saturated carbocycles. The predicted octanol–water partition coefficient (Wildman–Crippen LogP) is 0.763. The van der Waals surface area contributed by atoms with Crippen LogP contribution in [0.5, 0.6) is 0 Å². The van der Waals surface area contributed by atoms with E-state index >= 15 is 0 Å². The Hall–Kier alpha value is -0.920. The van der Waals surface area contributed by atoms with Crippen molar-refractivity contribution in [3.8, 4) is 0 Å². The van der Waals surface area contributed by atoms with Crippen LogP contribution in [0.1, 0.15) is 13.8 Å². The molecule has 1 aromatic heterocycles. The lowest BCUT2D eigenvalue weighted by atomic mass is 10.3. The van der Waals surface area contributed by atoms with Crippen LogP contribution in [0.2, 0.25) is 0 Å². The molecule has 0 radical (unpaired) electrons. The first kappa shape index (κ1) is 12.2. The first-order valence-corrected chi connectivity index (χ1v) is 5.26. The zero-order chi connectivity index (χ0) is 11.4. The third-order valence-electron chi connectivity index (χ3n) is 1.82. The van der Waals surface area contributed by atoms with E-state index in [0.29, 0.717) is 0 Å². The summed E-state index contributed by atoms with van der Waals surface area (Å²) >= 11 is 1.14. The molecule has 0 fully saturated rings. The molecule has 2 atom stereocenters. The summed E-state index contributed by atoms with van der Waals surface area (Å²) in [6.07, 6.45) is 0.498. The highest BCUT2D eigenvalue weighted by molar-refractivity contribution is 7.99. The molecule has 0 aliphatic heterocycles. The van der Waals surface area contributed by atoms with Gasteiger partial charge in [0.1, 0.15) is 5.03 Å². The third-order valence-corrected chi connectivity index (χ3v) is 3.09. The van der Waals surface area contributed by atoms with Gasteiger partial charge in [0.15, 0.2) is 5.82 Å². The van der Waals surface area contributed by atoms with Crippen LogP contribution in [0.4, 0.5) is 10.3 Å². The fraction of sp³-hybridized carbons (Fsp3) is 0.500. The number of hydrogen-bond donors (Lipinski definition) is 3. The Morgan fingerprint density at radius 3 is 2.80 bits per heavy atom. The highest BCUT2D eigenvalue weighted by atomic mass is 32.2. The maximum atomic E-state index is 13.2. The standard InChI is InChI=1S/C8H13FN4OS/c1-4(14)5(2)15-7-6(9)3-11-8(12-7)13-10/h3-5,14H,10H2,1-2H3,(H,11,12,13). The van der Waals surface area contributed by atoms with Crippen molar-refractivity contribution in [3.05, 3.63) is 12.0 Å². The topological polar surface area (TPSA) is 84.1 Å². The number of halogens is 1. The zero-order valence-electron chi connectivity index (χ0n) is 8.44. The van der Waals surface area contributed by atoms with Crippen molar-refractivity contribution in [3.63, 3.8) is 0 Å². The van der Waals surface area contributed by atoms with Crippen molar-refractivity contribution in [2.24, 2.45) is 5.84 Å². The molecule has 15 heavy (non-hydrogen) atoms. The van der Waals surface area contributed by atoms with Crippen LogP contribution in [-0.4, -0.2) is 26.4 Å². The number of nitrogens with zero attached hydrogens (tertiary/aromatic N) is 2. The van der Waals surface area contributed by atoms with Gasteiger partial charge in [0.25, 0.3) is 0 Å². The van der Waals surface area contributed by atoms with Gasteiger partial charge in [0.05, 0.1) is 12.3 Å². The number of hydrogen-bond acceptors (Lipinski definition) is 6. The minimum atomic E-state index is -0.543. The van der Waals surface area contributed by atoms with Gasteiger partial charge in [-0.2, -0.15) is 0 Å². The minimum absolute atomic E-state index is 0.150. The van der Waals surface area contributed by atoms with Crippen molar-refractivity contribution in [2.75, 3.05) is 5.43 Å². The first-order valence-electron chi connectivity index (χ1n) is 4.38. The molecule has 84 valence electrons. The van der Waals surface area contributed by atoms with Crippen LogP contribution >= 0.6 is 11.8 Å². The Balaban J connectivity index is 2.83. The summed E-state index contributed by atoms with van der Waals surface area (Å²) < 4.78 is 13.2. The largest absolute Gasteiger partial charge is 0.392 e. The van der Waals surface area contributed by atoms with E-state index in [0.717, 1.165) is 18.0 Å². The van der Waals surface area contributed by atoms with E-state index < -0.39 is 11.9 Å². The lowest BCUT2D eigenvalue weighted by Crippen LogP contribution is -2.16. The molecule has 0 spiro atoms. The molecule has 7 heteroatoms. The summed E-state index contributed by atoms with van der Waals surface area (Å²) in [5.41, 5.74) is 2.23. The van der Waals surface area contributed by atoms with E-state index in [1.54, 1.807) is 13.8 Å². The monoisotopic (exact) mass is 232 g/mol. The van der Waals surface area contributed by atoms with E-state index in [4.69, 9.17) is 5.84 Å². The molecule has 0 amide bonds. The molecule has 4 N–H and O–H groups in total. The second-order valence-corrected chi connectivity index (χ2v) is 4.42. The van der Waals surface area contributed by atoms with Crippen LogP contribution in [-0.2, 0) is 0 Å². The number of nitrogens with two attached hydrogens (primary N) is 1. The number of rotatable bonds is 4. The number of aliphatic hydroxyl groups is 1. The molecular weight excluding hydrogens is 219 g/mol. The molecule has 1 heterocycles. The van der Waals surface area contributed by atoms with Gasteiger partial charge in [-0.25, -0.2) is 20.2 Å². The summed E-state index contributed by atoms with van der Waals surface area (Å²) in [6, 6.07) is 0. The number of hydrazine groups is 1. The zero-order valence-corrected chi connectivity index (χ0v) is 9.25. The fourth-order valence-corrected chi connectivity index (χ4v) is 1.63. The maximum absolute atomic E-state index is 13.2. The van der Waals surface area contributed by atoms with Gasteiger partial charge in [-0.15, -0.1) is 0 Å². The maximum Gasteiger partial charge on any atom is 0.238 e. The summed E-state index contributed by atoms with van der Waals surface area (Å²) in [7, 11) is 0. The van der Waals surface area contributed by atoms with Gasteiger partial charge in [0, 0.05) is 5.25 Å². The minimum Gasteiger partial charge on any atom is -0.392 e. The van der Waals surface area contributed by atoms with Gasteiger partial charge in [-0.1, -0.05) is 18.7 Å². The van der Waals surface area contributed by atoms with E-state index in [-0.39, 0.29) is 16.2 Å². The second-order valence-electron chi connectivity index (χ2n) is 3.05. The fourth-order valence-electron chi connectivity index (χ4n) is 0.778. The van der Waals surface area contributed by atoms with Gasteiger partial charge in [-0.3, -0.25) is 5.43 Å². The van der Waals surface area contributed by atoms with Gasteiger partial charge < -0.3 is 5.11 Å². The van der Waals surface area contributed by atoms with Crippen LogP contribution < -0.4 is 11.3 Å². The smallest absolute Gasteiger partial charge is 0.238 e. The van der Waals surface area contributed by atoms with Crippen LogP contribution in [0.15, 0.2) is 11.2 Å². The lowest BCUT2D eigenvalue weighted by Gasteiger charge is -2.13. The third kappa shape index (κ3) is 3.29. The molecular formula is C8H13FN4OS. The van der Waals surface area contributed by atoms with Crippen molar-refractivity contribution >= 4 is 17.7 Å². The molecule has 0 saturated heterocycles. The van der Waals surface area contributed by atoms with Gasteiger partial charge in [0.2, 0.25) is 5.95 Å². The van der Waals surface area contributed by atoms with Crippen molar-refractivity contribution < 1.29 is 9.50 Å². The Labute approximate surface area is 91.3 Å². The molecule has 0 bridgehead atoms. The highest BCUT2D eigenvalue weighted by Crippen LogP contribution is 2.26. The average Bonchev–Trinajstić information content (AvgIpc) is 2.21. The van der Waals surface area contributed by atoms with Crippen LogP contribution in [0, 0.1) is 5.82 Å². The normalized spacial score (nSPS) is 14.7. The van der Waals surface area contributed by atoms with E-state index in [9.17, 15) is 9.50 Å². The summed E-state index contributed by atoms with van der Waals surface area (Å²) in [5.74, 6) is 4.73. The van der Waals surface area contributed by atoms with Crippen molar-refractivity contribution in [2.45, 2.75) is 30.2 Å². The second kappa shape index (κ2) is 5.24. The molecule has 5 nitrogen and oxygen atoms in total. The molecule has 0 aliphatic rings. The molecule has 0 aliphatic carbocycles. The number of nitrogen functional groups attached to an aromatic ring is 1. The Kier molecular flexibility index (Phi) is 4.25. The Bertz CT molecular complexity index is 336. The molecule has 0 aromatic carbocycles. The first-order chi connectivity index (χ1) is 7.04. The van der Waals surface area contributed by atoms with Crippen molar-refractivity contribution in [1.29, 1.82) is 0 Å². The van der Waals surface area contributed by atoms with E-state index in [1.165, 1.54) is 0 Å². The highest BCUT2D eigenvalue weighted by Gasteiger charge is 2.15. The SMILES string of the molecule is CC(O)C(C)Sc1nc(NN)ncc1F. The number of anilines is 1. The molecule has 2 unspecified atom stereocenters. The Morgan fingerprint density at radius 1 is 1.60 bits per heavy atom. The average molecular weight is 232 g/mol. The van der Waals surface area contributed by atoms with E-state index in [1.807, 2.05) is 0 Å². The van der Waals surface area contributed by atoms with Crippen LogP contribution in [0.3, 0.4) is 0 Å². The number of thioether (sulfide) groups is 1. The Morgan fingerprint density at radius 2 is 2.27 bits per heavy atom. The predicted molar refractivity (Wildman–Crippen MR) is 56.8 cm³/mol. The summed E-state index contributed by atoms with van der Waals surface area (Å²) in [5, 5.41) is 9.29. The number of aliphatic hydroxyl groups excluding tert-OH is 1. The van der Waals surface area contributed by atoms with E-state index in [2.05, 4.69) is 15.4 Å². The van der Waals surface area contributed by atoms with Crippen LogP contribution in [0.25, 0.3) is 0 Å². The summed E-state index contributed by atoms with van der Waals surface area (Å²) in [6.45, 7) is 3.42. The van der Waals surface area contributed by atoms with Gasteiger partial charge >= 0.3 is 0 Å². The molecule has 1 aromatic rings. The molecule has 1 rings (SSSR count). The quantitative estimate of drug-likeness (QED) is 0.308.